The molecule has 0 aliphatic rings. The molecule has 5 heteroatoms. The molecule has 1 aromatic rings. The van der Waals surface area contributed by atoms with Crippen LogP contribution in [-0.2, 0) is 0 Å². The molecule has 14 heavy (non-hydrogen) atoms. The fourth-order valence-electron chi connectivity index (χ4n) is 1.11. The molecule has 1 rings (SSSR count). The smallest absolute Gasteiger partial charge is 0.133 e. The molecule has 0 unspecified atom stereocenters. The first-order valence-corrected chi connectivity index (χ1v) is 3.83. The van der Waals surface area contributed by atoms with Crippen LogP contribution in [0.4, 0.5) is 5.69 Å². The molecule has 0 radical (unpaired) electrons. The van der Waals surface area contributed by atoms with E-state index in [2.05, 4.69) is 0 Å². The van der Waals surface area contributed by atoms with E-state index in [-0.39, 0.29) is 17.0 Å². The zero-order valence-corrected chi connectivity index (χ0v) is 7.87. The van der Waals surface area contributed by atoms with E-state index in [0.717, 1.165) is 0 Å². The van der Waals surface area contributed by atoms with Gasteiger partial charge >= 0.3 is 0 Å². The summed E-state index contributed by atoms with van der Waals surface area (Å²) in [4.78, 5) is 10.7. The molecule has 0 saturated carbocycles. The predicted octanol–water partition coefficient (Wildman–Crippen LogP) is -0.351. The van der Waals surface area contributed by atoms with Gasteiger partial charge in [0.1, 0.15) is 11.5 Å². The van der Waals surface area contributed by atoms with Crippen LogP contribution >= 0.6 is 0 Å². The number of rotatable bonds is 3. The Morgan fingerprint density at radius 1 is 1.36 bits per heavy atom. The van der Waals surface area contributed by atoms with Gasteiger partial charge in [0.2, 0.25) is 0 Å². The van der Waals surface area contributed by atoms with Crippen LogP contribution in [0.3, 0.4) is 0 Å². The van der Waals surface area contributed by atoms with Gasteiger partial charge in [-0.05, 0) is 0 Å². The van der Waals surface area contributed by atoms with Gasteiger partial charge in [0, 0.05) is 17.8 Å². The molecule has 0 heterocycles. The lowest BCUT2D eigenvalue weighted by atomic mass is 10.1. The molecular weight excluding hydrogens is 186 g/mol. The van der Waals surface area contributed by atoms with Crippen LogP contribution in [0.2, 0.25) is 0 Å². The molecule has 0 fully saturated rings. The fourth-order valence-corrected chi connectivity index (χ4v) is 1.11. The summed E-state index contributed by atoms with van der Waals surface area (Å²) >= 11 is 0. The number of anilines is 1. The number of nitrogens with two attached hydrogens (primary N) is 1. The Morgan fingerprint density at radius 2 is 2.00 bits per heavy atom. The van der Waals surface area contributed by atoms with Crippen molar-refractivity contribution in [1.29, 1.82) is 0 Å². The Hall–Kier alpha value is -1.91. The summed E-state index contributed by atoms with van der Waals surface area (Å²) in [6.07, 6.45) is 0. The Balaban J connectivity index is 3.34. The number of carbonyl (C=O) groups is 1. The van der Waals surface area contributed by atoms with E-state index in [1.165, 1.54) is 26.4 Å². The monoisotopic (exact) mass is 196 g/mol. The van der Waals surface area contributed by atoms with E-state index < -0.39 is 5.97 Å². The second-order valence-electron chi connectivity index (χ2n) is 2.58. The molecule has 0 atom stereocenters. The number of nitrogen functional groups attached to an aromatic ring is 1. The highest BCUT2D eigenvalue weighted by molar-refractivity contribution is 5.95. The molecule has 0 aliphatic carbocycles. The largest absolute Gasteiger partial charge is 0.545 e. The zero-order valence-electron chi connectivity index (χ0n) is 7.87. The van der Waals surface area contributed by atoms with E-state index in [0.29, 0.717) is 5.75 Å². The van der Waals surface area contributed by atoms with E-state index in [4.69, 9.17) is 15.2 Å². The number of hydrogen-bond acceptors (Lipinski definition) is 5. The molecule has 0 spiro atoms. The van der Waals surface area contributed by atoms with Crippen molar-refractivity contribution in [2.45, 2.75) is 0 Å². The summed E-state index contributed by atoms with van der Waals surface area (Å²) < 4.78 is 9.75. The van der Waals surface area contributed by atoms with Gasteiger partial charge in [-0.15, -0.1) is 0 Å². The molecule has 0 aromatic heterocycles. The first-order chi connectivity index (χ1) is 6.60. The van der Waals surface area contributed by atoms with Crippen molar-refractivity contribution < 1.29 is 19.4 Å². The molecule has 0 bridgehead atoms. The Morgan fingerprint density at radius 3 is 2.43 bits per heavy atom. The molecule has 0 aliphatic heterocycles. The zero-order chi connectivity index (χ0) is 10.7. The maximum Gasteiger partial charge on any atom is 0.133 e. The van der Waals surface area contributed by atoms with Gasteiger partial charge in [0.25, 0.3) is 0 Å². The number of carbonyl (C=O) groups excluding carboxylic acids is 1. The predicted molar refractivity (Wildman–Crippen MR) is 48.3 cm³/mol. The summed E-state index contributed by atoms with van der Waals surface area (Å²) in [6, 6.07) is 2.83. The summed E-state index contributed by atoms with van der Waals surface area (Å²) in [5.41, 5.74) is 5.39. The average Bonchev–Trinajstić information content (AvgIpc) is 2.15. The minimum absolute atomic E-state index is 0.0567. The first kappa shape index (κ1) is 10.2. The van der Waals surface area contributed by atoms with E-state index in [1.807, 2.05) is 0 Å². The van der Waals surface area contributed by atoms with Crippen molar-refractivity contribution in [3.63, 3.8) is 0 Å². The summed E-state index contributed by atoms with van der Waals surface area (Å²) in [6.45, 7) is 0. The van der Waals surface area contributed by atoms with Gasteiger partial charge in [0.05, 0.1) is 25.8 Å². The number of hydrogen-bond donors (Lipinski definition) is 1. The number of methoxy groups -OCH3 is 2. The SMILES string of the molecule is COc1cc(N)c(C(=O)[O-])c(OC)c1. The third-order valence-corrected chi connectivity index (χ3v) is 1.77. The first-order valence-electron chi connectivity index (χ1n) is 3.83. The molecule has 0 saturated heterocycles. The lowest BCUT2D eigenvalue weighted by Crippen LogP contribution is -2.24. The fraction of sp³-hybridized carbons (Fsp3) is 0.222. The van der Waals surface area contributed by atoms with Crippen molar-refractivity contribution >= 4 is 11.7 Å². The van der Waals surface area contributed by atoms with E-state index >= 15 is 0 Å². The molecule has 5 nitrogen and oxygen atoms in total. The van der Waals surface area contributed by atoms with Crippen LogP contribution in [0.25, 0.3) is 0 Å². The summed E-state index contributed by atoms with van der Waals surface area (Å²) in [7, 11) is 2.80. The minimum Gasteiger partial charge on any atom is -0.545 e. The van der Waals surface area contributed by atoms with Gasteiger partial charge in [-0.2, -0.15) is 0 Å². The highest BCUT2D eigenvalue weighted by atomic mass is 16.5. The minimum atomic E-state index is -1.37. The Kier molecular flexibility index (Phi) is 2.81. The standard InChI is InChI=1S/C9H11NO4/c1-13-5-3-6(10)8(9(11)12)7(4-5)14-2/h3-4H,10H2,1-2H3,(H,11,12)/p-1. The molecule has 2 N–H and O–H groups in total. The average molecular weight is 196 g/mol. The van der Waals surface area contributed by atoms with Gasteiger partial charge in [-0.1, -0.05) is 0 Å². The summed E-state index contributed by atoms with van der Waals surface area (Å²) in [5, 5.41) is 10.7. The van der Waals surface area contributed by atoms with Gasteiger partial charge in [-0.25, -0.2) is 0 Å². The summed E-state index contributed by atoms with van der Waals surface area (Å²) in [5.74, 6) is -0.812. The topological polar surface area (TPSA) is 84.6 Å². The second-order valence-corrected chi connectivity index (χ2v) is 2.58. The van der Waals surface area contributed by atoms with Crippen LogP contribution in [-0.4, -0.2) is 20.2 Å². The van der Waals surface area contributed by atoms with Crippen LogP contribution < -0.4 is 20.3 Å². The van der Waals surface area contributed by atoms with Crippen LogP contribution in [0.15, 0.2) is 12.1 Å². The highest BCUT2D eigenvalue weighted by Crippen LogP contribution is 2.29. The molecular formula is C9H10NO4-. The van der Waals surface area contributed by atoms with Crippen LogP contribution in [0.1, 0.15) is 10.4 Å². The number of benzene rings is 1. The number of aromatic carboxylic acids is 1. The van der Waals surface area contributed by atoms with Crippen molar-refractivity contribution in [3.05, 3.63) is 17.7 Å². The van der Waals surface area contributed by atoms with Crippen molar-refractivity contribution in [2.24, 2.45) is 0 Å². The second kappa shape index (κ2) is 3.87. The Labute approximate surface area is 81.0 Å². The maximum atomic E-state index is 10.7. The van der Waals surface area contributed by atoms with Crippen molar-refractivity contribution in [1.82, 2.24) is 0 Å². The molecule has 76 valence electrons. The van der Waals surface area contributed by atoms with Crippen molar-refractivity contribution in [3.8, 4) is 11.5 Å². The normalized spacial score (nSPS) is 9.57. The maximum absolute atomic E-state index is 10.7. The number of ether oxygens (including phenoxy) is 2. The van der Waals surface area contributed by atoms with Gasteiger partial charge in [0.15, 0.2) is 0 Å². The molecule has 1 aromatic carbocycles. The Bertz CT molecular complexity index is 362. The number of carboxylic acid groups (broad SMARTS) is 1. The van der Waals surface area contributed by atoms with E-state index in [9.17, 15) is 9.90 Å². The third kappa shape index (κ3) is 1.71. The van der Waals surface area contributed by atoms with Gasteiger partial charge in [-0.3, -0.25) is 0 Å². The lowest BCUT2D eigenvalue weighted by molar-refractivity contribution is -0.255. The van der Waals surface area contributed by atoms with Crippen LogP contribution in [0.5, 0.6) is 11.5 Å². The highest BCUT2D eigenvalue weighted by Gasteiger charge is 2.10. The van der Waals surface area contributed by atoms with Gasteiger partial charge < -0.3 is 25.1 Å². The molecule has 0 amide bonds. The van der Waals surface area contributed by atoms with E-state index in [1.54, 1.807) is 0 Å². The number of carboxylic acids is 1. The van der Waals surface area contributed by atoms with Crippen molar-refractivity contribution in [2.75, 3.05) is 20.0 Å². The quantitative estimate of drug-likeness (QED) is 0.668. The third-order valence-electron chi connectivity index (χ3n) is 1.77. The lowest BCUT2D eigenvalue weighted by Gasteiger charge is -2.13. The van der Waals surface area contributed by atoms with Crippen LogP contribution in [0, 0.1) is 0 Å².